The van der Waals surface area contributed by atoms with Gasteiger partial charge in [0, 0.05) is 30.1 Å². The lowest BCUT2D eigenvalue weighted by atomic mass is 9.71. The molecule has 22 heavy (non-hydrogen) atoms. The number of rotatable bonds is 1. The molecule has 1 saturated carbocycles. The third kappa shape index (κ3) is 1.81. The molecule has 120 valence electrons. The molecule has 0 unspecified atom stereocenters. The van der Waals surface area contributed by atoms with Crippen molar-refractivity contribution in [2.45, 2.75) is 64.1 Å². The first-order valence-electron chi connectivity index (χ1n) is 8.45. The zero-order valence-electron chi connectivity index (χ0n) is 13.7. The second-order valence-corrected chi connectivity index (χ2v) is 7.60. The number of carbonyl (C=O) groups excluding carboxylic acids is 1. The maximum absolute atomic E-state index is 13.1. The summed E-state index contributed by atoms with van der Waals surface area (Å²) < 4.78 is 5.40. The van der Waals surface area contributed by atoms with Gasteiger partial charge >= 0.3 is 0 Å². The highest BCUT2D eigenvalue weighted by atomic mass is 16.3. The van der Waals surface area contributed by atoms with E-state index in [9.17, 15) is 4.79 Å². The van der Waals surface area contributed by atoms with Crippen molar-refractivity contribution in [2.24, 2.45) is 5.41 Å². The summed E-state index contributed by atoms with van der Waals surface area (Å²) in [6.07, 6.45) is 7.39. The van der Waals surface area contributed by atoms with E-state index in [2.05, 4.69) is 28.8 Å². The number of aromatic nitrogens is 1. The zero-order chi connectivity index (χ0) is 15.5. The number of fused-ring (bicyclic) bond motifs is 1. The Hall–Kier alpha value is -1.36. The summed E-state index contributed by atoms with van der Waals surface area (Å²) in [5, 5.41) is 0. The molecule has 1 aromatic heterocycles. The molecule has 2 bridgehead atoms. The van der Waals surface area contributed by atoms with Crippen LogP contribution in [0.4, 0.5) is 0 Å². The Morgan fingerprint density at radius 2 is 2.09 bits per heavy atom. The molecule has 1 aliphatic carbocycles. The minimum atomic E-state index is 0.0460. The van der Waals surface area contributed by atoms with Crippen molar-refractivity contribution in [3.63, 3.8) is 0 Å². The molecular formula is C17H25N3O2. The van der Waals surface area contributed by atoms with Crippen molar-refractivity contribution in [1.29, 1.82) is 0 Å². The van der Waals surface area contributed by atoms with Gasteiger partial charge in [-0.15, -0.1) is 0 Å². The molecule has 4 atom stereocenters. The molecule has 3 fully saturated rings. The van der Waals surface area contributed by atoms with Crippen molar-refractivity contribution in [1.82, 2.24) is 14.8 Å². The summed E-state index contributed by atoms with van der Waals surface area (Å²) >= 11 is 0. The molecule has 1 aromatic rings. The van der Waals surface area contributed by atoms with Crippen LogP contribution in [-0.2, 0) is 0 Å². The van der Waals surface area contributed by atoms with Crippen LogP contribution in [0.5, 0.6) is 0 Å². The third-order valence-corrected chi connectivity index (χ3v) is 6.34. The zero-order valence-corrected chi connectivity index (χ0v) is 13.7. The maximum atomic E-state index is 13.1. The van der Waals surface area contributed by atoms with Gasteiger partial charge in [0.2, 0.25) is 5.76 Å². The van der Waals surface area contributed by atoms with E-state index in [1.807, 2.05) is 6.92 Å². The molecule has 0 radical (unpaired) electrons. The quantitative estimate of drug-likeness (QED) is 0.799. The molecule has 5 heteroatoms. The molecule has 0 aromatic carbocycles. The van der Waals surface area contributed by atoms with Gasteiger partial charge in [-0.1, -0.05) is 19.8 Å². The van der Waals surface area contributed by atoms with E-state index in [4.69, 9.17) is 4.42 Å². The molecule has 1 amide bonds. The number of hydrogen-bond donors (Lipinski definition) is 0. The summed E-state index contributed by atoms with van der Waals surface area (Å²) in [7, 11) is 2.23. The van der Waals surface area contributed by atoms with Crippen molar-refractivity contribution in [3.05, 3.63) is 17.8 Å². The van der Waals surface area contributed by atoms with E-state index in [-0.39, 0.29) is 11.3 Å². The number of piperidine rings is 1. The lowest BCUT2D eigenvalue weighted by Crippen LogP contribution is -2.51. The Balaban J connectivity index is 1.74. The fourth-order valence-electron chi connectivity index (χ4n) is 5.41. The van der Waals surface area contributed by atoms with Crippen molar-refractivity contribution in [3.8, 4) is 0 Å². The largest absolute Gasteiger partial charge is 0.438 e. The Morgan fingerprint density at radius 1 is 1.36 bits per heavy atom. The first-order valence-corrected chi connectivity index (χ1v) is 8.45. The predicted molar refractivity (Wildman–Crippen MR) is 82.6 cm³/mol. The Bertz CT molecular complexity index is 598. The van der Waals surface area contributed by atoms with E-state index in [1.54, 1.807) is 0 Å². The topological polar surface area (TPSA) is 49.6 Å². The summed E-state index contributed by atoms with van der Waals surface area (Å²) in [6.45, 7) is 5.23. The van der Waals surface area contributed by atoms with E-state index >= 15 is 0 Å². The normalized spacial score (nSPS) is 38.1. The highest BCUT2D eigenvalue weighted by molar-refractivity contribution is 5.93. The number of amides is 1. The van der Waals surface area contributed by atoms with Gasteiger partial charge < -0.3 is 14.2 Å². The second kappa shape index (κ2) is 4.82. The molecule has 0 spiro atoms. The van der Waals surface area contributed by atoms with Gasteiger partial charge in [-0.05, 0) is 33.2 Å². The minimum absolute atomic E-state index is 0.0460. The van der Waals surface area contributed by atoms with E-state index < -0.39 is 0 Å². The fraction of sp³-hybridized carbons (Fsp3) is 0.765. The van der Waals surface area contributed by atoms with Crippen molar-refractivity contribution >= 4 is 5.91 Å². The summed E-state index contributed by atoms with van der Waals surface area (Å²) in [5.41, 5.74) is 0.924. The minimum Gasteiger partial charge on any atom is -0.438 e. The van der Waals surface area contributed by atoms with Gasteiger partial charge in [-0.25, -0.2) is 4.98 Å². The Morgan fingerprint density at radius 3 is 2.77 bits per heavy atom. The molecule has 2 saturated heterocycles. The third-order valence-electron chi connectivity index (χ3n) is 6.34. The summed E-state index contributed by atoms with van der Waals surface area (Å²) in [5.74, 6) is 0.476. The number of nitrogens with zero attached hydrogens (tertiary/aromatic N) is 3. The lowest BCUT2D eigenvalue weighted by Gasteiger charge is -2.44. The van der Waals surface area contributed by atoms with Gasteiger partial charge in [0.15, 0.2) is 6.39 Å². The molecule has 2 aliphatic heterocycles. The molecular weight excluding hydrogens is 278 g/mol. The Kier molecular flexibility index (Phi) is 3.12. The monoisotopic (exact) mass is 303 g/mol. The van der Waals surface area contributed by atoms with Gasteiger partial charge in [0.05, 0.1) is 5.69 Å². The lowest BCUT2D eigenvalue weighted by molar-refractivity contribution is 0.0569. The maximum Gasteiger partial charge on any atom is 0.292 e. The molecule has 3 aliphatic rings. The smallest absolute Gasteiger partial charge is 0.292 e. The number of oxazole rings is 1. The first kappa shape index (κ1) is 14.2. The van der Waals surface area contributed by atoms with Crippen LogP contribution in [0.15, 0.2) is 10.8 Å². The number of likely N-dealkylation sites (N-methyl/N-ethyl adjacent to an activating group) is 1. The van der Waals surface area contributed by atoms with Crippen molar-refractivity contribution in [2.75, 3.05) is 13.6 Å². The first-order chi connectivity index (χ1) is 10.5. The van der Waals surface area contributed by atoms with Gasteiger partial charge in [0.25, 0.3) is 5.91 Å². The SMILES string of the molecule is Cc1ncoc1C(=O)N1[C@@H]2CN(C)[C@@H]3CCCC[C@H]1[C@]3(C)C2. The van der Waals surface area contributed by atoms with Crippen LogP contribution in [0.3, 0.4) is 0 Å². The molecule has 5 nitrogen and oxygen atoms in total. The summed E-state index contributed by atoms with van der Waals surface area (Å²) in [6, 6.07) is 1.25. The van der Waals surface area contributed by atoms with Crippen molar-refractivity contribution < 1.29 is 9.21 Å². The molecule has 4 rings (SSSR count). The average Bonchev–Trinajstić information content (AvgIpc) is 2.93. The fourth-order valence-corrected chi connectivity index (χ4v) is 5.41. The van der Waals surface area contributed by atoms with E-state index in [0.29, 0.717) is 29.6 Å². The number of aryl methyl sites for hydroxylation is 1. The van der Waals surface area contributed by atoms with E-state index in [1.165, 1.54) is 25.7 Å². The Labute approximate surface area is 131 Å². The predicted octanol–water partition coefficient (Wildman–Crippen LogP) is 2.46. The summed E-state index contributed by atoms with van der Waals surface area (Å²) in [4.78, 5) is 21.8. The number of likely N-dealkylation sites (tertiary alicyclic amines) is 2. The second-order valence-electron chi connectivity index (χ2n) is 7.60. The average molecular weight is 303 g/mol. The molecule has 0 N–H and O–H groups in total. The molecule has 3 heterocycles. The number of carbonyl (C=O) groups is 1. The van der Waals surface area contributed by atoms with Crippen LogP contribution in [0.25, 0.3) is 0 Å². The highest BCUT2D eigenvalue weighted by Crippen LogP contribution is 2.53. The standard InChI is InChI=1S/C17H25N3O2/c1-11-15(22-10-18-11)16(21)20-12-8-17(2)13(19(3)9-12)6-4-5-7-14(17)20/h10,12-14H,4-9H2,1-3H3/t12-,13+,14-,17+/m0/s1. The van der Waals surface area contributed by atoms with Crippen LogP contribution in [0, 0.1) is 12.3 Å². The van der Waals surface area contributed by atoms with Crippen LogP contribution in [-0.4, -0.2) is 52.4 Å². The van der Waals surface area contributed by atoms with Crippen LogP contribution in [0.1, 0.15) is 55.3 Å². The van der Waals surface area contributed by atoms with Crippen LogP contribution < -0.4 is 0 Å². The van der Waals surface area contributed by atoms with Gasteiger partial charge in [-0.3, -0.25) is 4.79 Å². The number of hydrogen-bond acceptors (Lipinski definition) is 4. The van der Waals surface area contributed by atoms with Crippen LogP contribution in [0.2, 0.25) is 0 Å². The highest BCUT2D eigenvalue weighted by Gasteiger charge is 2.59. The van der Waals surface area contributed by atoms with E-state index in [0.717, 1.165) is 19.4 Å². The van der Waals surface area contributed by atoms with Gasteiger partial charge in [-0.2, -0.15) is 0 Å². The van der Waals surface area contributed by atoms with Gasteiger partial charge in [0.1, 0.15) is 0 Å². The van der Waals surface area contributed by atoms with Crippen LogP contribution >= 0.6 is 0 Å².